The van der Waals surface area contributed by atoms with Crippen LogP contribution in [0, 0.1) is 0 Å². The van der Waals surface area contributed by atoms with E-state index >= 15 is 0 Å². The number of para-hydroxylation sites is 6. The Labute approximate surface area is 445 Å². The standard InChI is InChI=1S/C44H32N4.C26H21N3/c45-44(34-27-32(30-14-4-1-5-15-30)26-33(28-34)31-16-6-2-7-17-31)46-29-47-40-22-12-10-20-36(40)38-24-25-39-37-21-11-13-23-41(37)48(43(39)42(38)47)35-18-8-3-9-19-35;1-27-17-28-23-13-7-5-11-19(23)21-15-16-22-20-12-6-8-14-24(20)29(26(22)25(21)28)18-9-3-2-4-10-18/h1-28H,29H2,(H2,45,46);2-16,27H,17H2,1H3. The maximum atomic E-state index is 6.92. The molecule has 0 unspecified atom stereocenters. The molecule has 11 aromatic carbocycles. The smallest absolute Gasteiger partial charge is 0.127 e. The Kier molecular flexibility index (Phi) is 11.3. The predicted octanol–water partition coefficient (Wildman–Crippen LogP) is 16.7. The van der Waals surface area contributed by atoms with E-state index < -0.39 is 0 Å². The molecule has 77 heavy (non-hydrogen) atoms. The van der Waals surface area contributed by atoms with Gasteiger partial charge in [0.05, 0.1) is 50.8 Å². The molecule has 0 radical (unpaired) electrons. The van der Waals surface area contributed by atoms with Crippen LogP contribution >= 0.6 is 0 Å². The average Bonchev–Trinajstić information content (AvgIpc) is 4.35. The largest absolute Gasteiger partial charge is 0.383 e. The van der Waals surface area contributed by atoms with E-state index in [1.165, 1.54) is 81.9 Å². The molecule has 368 valence electrons. The van der Waals surface area contributed by atoms with Gasteiger partial charge in [0.2, 0.25) is 0 Å². The van der Waals surface area contributed by atoms with Gasteiger partial charge in [0, 0.05) is 60.0 Å². The molecular formula is C70H53N7. The molecule has 0 aliphatic heterocycles. The summed E-state index contributed by atoms with van der Waals surface area (Å²) in [7, 11) is 2.01. The van der Waals surface area contributed by atoms with Crippen molar-refractivity contribution < 1.29 is 0 Å². The van der Waals surface area contributed by atoms with Crippen molar-refractivity contribution >= 4 is 93.1 Å². The third kappa shape index (κ3) is 7.66. The van der Waals surface area contributed by atoms with Gasteiger partial charge in [-0.1, -0.05) is 194 Å². The van der Waals surface area contributed by atoms with Crippen LogP contribution in [0.2, 0.25) is 0 Å². The molecule has 4 heterocycles. The number of nitrogens with one attached hydrogen (secondary N) is 1. The number of amidine groups is 1. The minimum absolute atomic E-state index is 0.376. The first-order valence-corrected chi connectivity index (χ1v) is 26.3. The summed E-state index contributed by atoms with van der Waals surface area (Å²) in [4.78, 5) is 5.12. The van der Waals surface area contributed by atoms with Crippen molar-refractivity contribution in [2.24, 2.45) is 10.7 Å². The monoisotopic (exact) mass is 991 g/mol. The van der Waals surface area contributed by atoms with E-state index in [1.807, 2.05) is 19.2 Å². The van der Waals surface area contributed by atoms with Crippen molar-refractivity contribution in [2.45, 2.75) is 13.3 Å². The maximum absolute atomic E-state index is 6.92. The number of aliphatic imine (C=N–C) groups is 1. The fourth-order valence-corrected chi connectivity index (χ4v) is 11.9. The Balaban J connectivity index is 0.000000158. The van der Waals surface area contributed by atoms with Gasteiger partial charge in [-0.3, -0.25) is 0 Å². The van der Waals surface area contributed by atoms with E-state index in [0.29, 0.717) is 12.5 Å². The van der Waals surface area contributed by atoms with Crippen LogP contribution in [-0.4, -0.2) is 31.2 Å². The minimum atomic E-state index is 0.376. The second-order valence-electron chi connectivity index (χ2n) is 19.7. The average molecular weight is 992 g/mol. The third-order valence-corrected chi connectivity index (χ3v) is 15.3. The highest BCUT2D eigenvalue weighted by Gasteiger charge is 2.22. The van der Waals surface area contributed by atoms with Crippen molar-refractivity contribution in [3.05, 3.63) is 266 Å². The summed E-state index contributed by atoms with van der Waals surface area (Å²) in [6.07, 6.45) is 0. The number of benzene rings is 11. The zero-order valence-corrected chi connectivity index (χ0v) is 42.6. The summed E-state index contributed by atoms with van der Waals surface area (Å²) >= 11 is 0. The Morgan fingerprint density at radius 3 is 1.14 bits per heavy atom. The van der Waals surface area contributed by atoms with Crippen LogP contribution in [0.15, 0.2) is 266 Å². The molecule has 0 spiro atoms. The van der Waals surface area contributed by atoms with E-state index in [9.17, 15) is 0 Å². The molecule has 0 aliphatic carbocycles. The highest BCUT2D eigenvalue weighted by Crippen LogP contribution is 2.42. The third-order valence-electron chi connectivity index (χ3n) is 15.3. The summed E-state index contributed by atoms with van der Waals surface area (Å²) in [5.74, 6) is 0.506. The normalized spacial score (nSPS) is 12.0. The maximum Gasteiger partial charge on any atom is 0.127 e. The van der Waals surface area contributed by atoms with Crippen LogP contribution < -0.4 is 11.1 Å². The molecule has 7 nitrogen and oxygen atoms in total. The number of fused-ring (bicyclic) bond motifs is 14. The highest BCUT2D eigenvalue weighted by atomic mass is 15.1. The zero-order valence-electron chi connectivity index (χ0n) is 42.6. The Bertz CT molecular complexity index is 4660. The molecule has 0 aliphatic rings. The predicted molar refractivity (Wildman–Crippen MR) is 325 cm³/mol. The summed E-state index contributed by atoms with van der Waals surface area (Å²) in [6, 6.07) is 92.5. The quantitative estimate of drug-likeness (QED) is 0.112. The van der Waals surface area contributed by atoms with Crippen LogP contribution in [0.4, 0.5) is 0 Å². The van der Waals surface area contributed by atoms with Gasteiger partial charge in [-0.25, -0.2) is 4.99 Å². The first kappa shape index (κ1) is 45.6. The molecule has 0 fully saturated rings. The number of rotatable bonds is 9. The van der Waals surface area contributed by atoms with Crippen molar-refractivity contribution in [3.8, 4) is 33.6 Å². The van der Waals surface area contributed by atoms with E-state index in [-0.39, 0.29) is 0 Å². The number of hydrogen-bond acceptors (Lipinski definition) is 2. The fourth-order valence-electron chi connectivity index (χ4n) is 11.9. The second-order valence-corrected chi connectivity index (χ2v) is 19.7. The minimum Gasteiger partial charge on any atom is -0.383 e. The SMILES string of the molecule is CNCn1c2ccccc2c2ccc3c4ccccc4n(-c4ccccc4)c3c21.N/C(=N\Cn1c2ccccc2c2ccc3c4ccccc4n(-c4ccccc4)c3c21)c1cc(-c2ccccc2)cc(-c2ccccc2)c1. The van der Waals surface area contributed by atoms with Gasteiger partial charge < -0.3 is 29.3 Å². The molecule has 0 amide bonds. The number of nitrogens with two attached hydrogens (primary N) is 1. The zero-order chi connectivity index (χ0) is 51.4. The Morgan fingerprint density at radius 1 is 0.351 bits per heavy atom. The lowest BCUT2D eigenvalue weighted by molar-refractivity contribution is 0.654. The Morgan fingerprint density at radius 2 is 0.701 bits per heavy atom. The van der Waals surface area contributed by atoms with Crippen LogP contribution in [0.3, 0.4) is 0 Å². The number of hydrogen-bond donors (Lipinski definition) is 2. The van der Waals surface area contributed by atoms with Crippen LogP contribution in [0.1, 0.15) is 5.56 Å². The summed E-state index contributed by atoms with van der Waals surface area (Å²) in [6.45, 7) is 1.14. The van der Waals surface area contributed by atoms with Gasteiger partial charge in [0.1, 0.15) is 12.5 Å². The summed E-state index contributed by atoms with van der Waals surface area (Å²) in [5.41, 5.74) is 24.3. The number of aromatic nitrogens is 4. The highest BCUT2D eigenvalue weighted by molar-refractivity contribution is 6.24. The van der Waals surface area contributed by atoms with Gasteiger partial charge in [-0.2, -0.15) is 0 Å². The molecule has 15 rings (SSSR count). The molecule has 0 saturated heterocycles. The molecule has 15 aromatic rings. The fraction of sp³-hybridized carbons (Fsp3) is 0.0429. The lowest BCUT2D eigenvalue weighted by Crippen LogP contribution is -2.15. The van der Waals surface area contributed by atoms with Gasteiger partial charge in [-0.15, -0.1) is 0 Å². The lowest BCUT2D eigenvalue weighted by atomic mass is 9.96. The Hall–Kier alpha value is -9.95. The molecule has 0 atom stereocenters. The van der Waals surface area contributed by atoms with Gasteiger partial charge in [0.15, 0.2) is 0 Å². The topological polar surface area (TPSA) is 70.1 Å². The summed E-state index contributed by atoms with van der Waals surface area (Å²) in [5, 5.41) is 13.4. The van der Waals surface area contributed by atoms with Crippen molar-refractivity contribution in [1.29, 1.82) is 0 Å². The van der Waals surface area contributed by atoms with Gasteiger partial charge in [0.25, 0.3) is 0 Å². The lowest BCUT2D eigenvalue weighted by Gasteiger charge is -2.13. The molecule has 7 heteroatoms. The van der Waals surface area contributed by atoms with Crippen molar-refractivity contribution in [1.82, 2.24) is 23.6 Å². The number of nitrogens with zero attached hydrogens (tertiary/aromatic N) is 5. The first-order chi connectivity index (χ1) is 38.1. The van der Waals surface area contributed by atoms with Crippen LogP contribution in [0.5, 0.6) is 0 Å². The van der Waals surface area contributed by atoms with E-state index in [1.54, 1.807) is 0 Å². The van der Waals surface area contributed by atoms with Crippen molar-refractivity contribution in [2.75, 3.05) is 7.05 Å². The van der Waals surface area contributed by atoms with Gasteiger partial charge in [-0.05, 0) is 96.0 Å². The van der Waals surface area contributed by atoms with Crippen LogP contribution in [0.25, 0.3) is 121 Å². The van der Waals surface area contributed by atoms with Crippen molar-refractivity contribution in [3.63, 3.8) is 0 Å². The molecule has 0 saturated carbocycles. The first-order valence-electron chi connectivity index (χ1n) is 26.3. The van der Waals surface area contributed by atoms with E-state index in [2.05, 4.69) is 272 Å². The van der Waals surface area contributed by atoms with E-state index in [0.717, 1.165) is 51.2 Å². The summed E-state index contributed by atoms with van der Waals surface area (Å²) < 4.78 is 9.55. The molecular weight excluding hydrogens is 939 g/mol. The van der Waals surface area contributed by atoms with Crippen LogP contribution in [-0.2, 0) is 13.3 Å². The molecule has 3 N–H and O–H groups in total. The molecule has 0 bridgehead atoms. The molecule has 4 aromatic heterocycles. The van der Waals surface area contributed by atoms with Gasteiger partial charge >= 0.3 is 0 Å². The second kappa shape index (κ2) is 19.1. The van der Waals surface area contributed by atoms with E-state index in [4.69, 9.17) is 10.7 Å².